The number of pyridine rings is 1. The summed E-state index contributed by atoms with van der Waals surface area (Å²) in [5.41, 5.74) is 0.146. The van der Waals surface area contributed by atoms with Crippen LogP contribution >= 0.6 is 11.8 Å². The van der Waals surface area contributed by atoms with Crippen molar-refractivity contribution >= 4 is 17.7 Å². The number of thioether (sulfide) groups is 1. The van der Waals surface area contributed by atoms with Crippen LogP contribution in [-0.2, 0) is 9.47 Å². The molecule has 1 unspecified atom stereocenters. The molecule has 1 atom stereocenters. The quantitative estimate of drug-likeness (QED) is 0.515. The Balaban J connectivity index is 2.25. The number of rotatable bonds is 9. The number of hydrogen-bond donors (Lipinski definition) is 2. The summed E-state index contributed by atoms with van der Waals surface area (Å²) in [6.45, 7) is 1.19. The van der Waals surface area contributed by atoms with Crippen molar-refractivity contribution in [3.05, 3.63) is 23.9 Å². The topological polar surface area (TPSA) is 88.9 Å². The molecule has 6 nitrogen and oxygen atoms in total. The van der Waals surface area contributed by atoms with E-state index in [0.717, 1.165) is 0 Å². The van der Waals surface area contributed by atoms with E-state index in [1.165, 1.54) is 24.0 Å². The van der Waals surface area contributed by atoms with E-state index in [2.05, 4.69) is 4.98 Å². The summed E-state index contributed by atoms with van der Waals surface area (Å²) >= 11 is 1.35. The van der Waals surface area contributed by atoms with Crippen LogP contribution in [0.15, 0.2) is 23.4 Å². The maximum atomic E-state index is 10.6. The standard InChI is InChI=1S/C12H17NO5S/c1-17-4-5-18-7-10(14)8-19-11-3-2-9(6-13-11)12(15)16/h2-3,6,10,14H,4-5,7-8H2,1H3,(H,15,16). The van der Waals surface area contributed by atoms with E-state index in [-0.39, 0.29) is 12.2 Å². The van der Waals surface area contributed by atoms with E-state index >= 15 is 0 Å². The Morgan fingerprint density at radius 2 is 2.26 bits per heavy atom. The Bertz CT molecular complexity index is 384. The average molecular weight is 287 g/mol. The van der Waals surface area contributed by atoms with Crippen molar-refractivity contribution in [3.8, 4) is 0 Å². The lowest BCUT2D eigenvalue weighted by Crippen LogP contribution is -2.19. The van der Waals surface area contributed by atoms with Crippen LogP contribution in [0.4, 0.5) is 0 Å². The first kappa shape index (κ1) is 15.9. The minimum atomic E-state index is -1.00. The van der Waals surface area contributed by atoms with Crippen LogP contribution in [0.3, 0.4) is 0 Å². The summed E-state index contributed by atoms with van der Waals surface area (Å²) in [6.07, 6.45) is 0.703. The molecular formula is C12H17NO5S. The fourth-order valence-electron chi connectivity index (χ4n) is 1.18. The van der Waals surface area contributed by atoms with Gasteiger partial charge in [-0.2, -0.15) is 0 Å². The van der Waals surface area contributed by atoms with Crippen LogP contribution in [-0.4, -0.2) is 60.0 Å². The summed E-state index contributed by atoms with van der Waals surface area (Å²) < 4.78 is 10.0. The third-order valence-electron chi connectivity index (χ3n) is 2.15. The first-order valence-electron chi connectivity index (χ1n) is 5.70. The van der Waals surface area contributed by atoms with Crippen LogP contribution < -0.4 is 0 Å². The van der Waals surface area contributed by atoms with Crippen molar-refractivity contribution in [2.45, 2.75) is 11.1 Å². The van der Waals surface area contributed by atoms with Gasteiger partial charge in [0.15, 0.2) is 0 Å². The lowest BCUT2D eigenvalue weighted by Gasteiger charge is -2.10. The normalized spacial score (nSPS) is 12.3. The maximum Gasteiger partial charge on any atom is 0.337 e. The van der Waals surface area contributed by atoms with Crippen LogP contribution in [0, 0.1) is 0 Å². The number of carboxylic acid groups (broad SMARTS) is 1. The summed E-state index contributed by atoms with van der Waals surface area (Å²) in [5, 5.41) is 19.0. The lowest BCUT2D eigenvalue weighted by atomic mass is 10.3. The number of hydrogen-bond acceptors (Lipinski definition) is 6. The molecule has 19 heavy (non-hydrogen) atoms. The third kappa shape index (κ3) is 6.53. The van der Waals surface area contributed by atoms with Gasteiger partial charge in [0.1, 0.15) is 0 Å². The molecule has 2 N–H and O–H groups in total. The molecule has 106 valence electrons. The van der Waals surface area contributed by atoms with Crippen molar-refractivity contribution < 1.29 is 24.5 Å². The molecule has 0 amide bonds. The summed E-state index contributed by atoms with van der Waals surface area (Å²) in [4.78, 5) is 14.6. The molecule has 0 bridgehead atoms. The van der Waals surface area contributed by atoms with Crippen molar-refractivity contribution in [2.24, 2.45) is 0 Å². The highest BCUT2D eigenvalue weighted by atomic mass is 32.2. The van der Waals surface area contributed by atoms with Gasteiger partial charge in [-0.15, -0.1) is 11.8 Å². The van der Waals surface area contributed by atoms with E-state index in [4.69, 9.17) is 14.6 Å². The Labute approximate surface area is 115 Å². The molecular weight excluding hydrogens is 270 g/mol. The predicted molar refractivity (Wildman–Crippen MR) is 70.6 cm³/mol. The van der Waals surface area contributed by atoms with Gasteiger partial charge < -0.3 is 19.7 Å². The van der Waals surface area contributed by atoms with Gasteiger partial charge in [-0.25, -0.2) is 9.78 Å². The average Bonchev–Trinajstić information content (AvgIpc) is 2.42. The molecule has 0 saturated heterocycles. The second-order valence-corrected chi connectivity index (χ2v) is 4.76. The highest BCUT2D eigenvalue weighted by Gasteiger charge is 2.07. The van der Waals surface area contributed by atoms with Crippen molar-refractivity contribution in [3.63, 3.8) is 0 Å². The summed E-state index contributed by atoms with van der Waals surface area (Å²) in [7, 11) is 1.59. The fraction of sp³-hybridized carbons (Fsp3) is 0.500. The predicted octanol–water partition coefficient (Wildman–Crippen LogP) is 0.896. The van der Waals surface area contributed by atoms with Crippen molar-refractivity contribution in [1.82, 2.24) is 4.98 Å². The molecule has 1 aromatic heterocycles. The fourth-order valence-corrected chi connectivity index (χ4v) is 1.93. The number of ether oxygens (including phenoxy) is 2. The highest BCUT2D eigenvalue weighted by molar-refractivity contribution is 7.99. The molecule has 0 aliphatic carbocycles. The molecule has 1 rings (SSSR count). The Morgan fingerprint density at radius 1 is 1.47 bits per heavy atom. The zero-order chi connectivity index (χ0) is 14.1. The van der Waals surface area contributed by atoms with Gasteiger partial charge in [-0.05, 0) is 12.1 Å². The molecule has 0 aliphatic rings. The number of aliphatic hydroxyl groups is 1. The van der Waals surface area contributed by atoms with Crippen LogP contribution in [0.2, 0.25) is 0 Å². The lowest BCUT2D eigenvalue weighted by molar-refractivity contribution is 0.0218. The second-order valence-electron chi connectivity index (χ2n) is 3.72. The smallest absolute Gasteiger partial charge is 0.337 e. The van der Waals surface area contributed by atoms with Gasteiger partial charge in [-0.1, -0.05) is 0 Å². The van der Waals surface area contributed by atoms with E-state index in [1.807, 2.05) is 0 Å². The second kappa shape index (κ2) is 8.87. The van der Waals surface area contributed by atoms with Crippen LogP contribution in [0.25, 0.3) is 0 Å². The van der Waals surface area contributed by atoms with E-state index in [9.17, 15) is 9.90 Å². The zero-order valence-electron chi connectivity index (χ0n) is 10.6. The van der Waals surface area contributed by atoms with Gasteiger partial charge in [0.05, 0.1) is 36.5 Å². The SMILES string of the molecule is COCCOCC(O)CSc1ccc(C(=O)O)cn1. The minimum Gasteiger partial charge on any atom is -0.478 e. The number of nitrogens with zero attached hydrogens (tertiary/aromatic N) is 1. The number of methoxy groups -OCH3 is 1. The first-order chi connectivity index (χ1) is 9.13. The molecule has 0 aromatic carbocycles. The summed E-state index contributed by atoms with van der Waals surface area (Å²) in [5.74, 6) is -0.567. The Hall–Kier alpha value is -1.15. The largest absolute Gasteiger partial charge is 0.478 e. The monoisotopic (exact) mass is 287 g/mol. The highest BCUT2D eigenvalue weighted by Crippen LogP contribution is 2.16. The van der Waals surface area contributed by atoms with Crippen molar-refractivity contribution in [1.29, 1.82) is 0 Å². The molecule has 0 aliphatic heterocycles. The number of aromatic carboxylic acids is 1. The van der Waals surface area contributed by atoms with E-state index < -0.39 is 12.1 Å². The Kier molecular flexibility index (Phi) is 7.42. The number of aromatic nitrogens is 1. The van der Waals surface area contributed by atoms with Gasteiger partial charge in [0.2, 0.25) is 0 Å². The summed E-state index contributed by atoms with van der Waals surface area (Å²) in [6, 6.07) is 3.10. The molecule has 0 fully saturated rings. The number of carboxylic acids is 1. The minimum absolute atomic E-state index is 0.146. The number of carbonyl (C=O) groups is 1. The zero-order valence-corrected chi connectivity index (χ0v) is 11.4. The molecule has 1 aromatic rings. The van der Waals surface area contributed by atoms with Gasteiger partial charge in [0.25, 0.3) is 0 Å². The molecule has 7 heteroatoms. The first-order valence-corrected chi connectivity index (χ1v) is 6.69. The van der Waals surface area contributed by atoms with Crippen molar-refractivity contribution in [2.75, 3.05) is 32.7 Å². The van der Waals surface area contributed by atoms with Gasteiger partial charge in [0, 0.05) is 19.1 Å². The number of aliphatic hydroxyl groups excluding tert-OH is 1. The van der Waals surface area contributed by atoms with Gasteiger partial charge in [-0.3, -0.25) is 0 Å². The van der Waals surface area contributed by atoms with Gasteiger partial charge >= 0.3 is 5.97 Å². The van der Waals surface area contributed by atoms with E-state index in [1.54, 1.807) is 13.2 Å². The maximum absolute atomic E-state index is 10.6. The molecule has 1 heterocycles. The molecule has 0 spiro atoms. The van der Waals surface area contributed by atoms with E-state index in [0.29, 0.717) is 24.0 Å². The van der Waals surface area contributed by atoms with Crippen LogP contribution in [0.5, 0.6) is 0 Å². The molecule has 0 radical (unpaired) electrons. The van der Waals surface area contributed by atoms with Crippen LogP contribution in [0.1, 0.15) is 10.4 Å². The third-order valence-corrected chi connectivity index (χ3v) is 3.24. The Morgan fingerprint density at radius 3 is 2.84 bits per heavy atom. The molecule has 0 saturated carbocycles.